The molecule has 0 bridgehead atoms. The van der Waals surface area contributed by atoms with Crippen LogP contribution in [-0.2, 0) is 0 Å². The molecule has 0 aliphatic heterocycles. The second-order valence-corrected chi connectivity index (χ2v) is 5.28. The van der Waals surface area contributed by atoms with E-state index in [0.29, 0.717) is 11.3 Å². The number of rotatable bonds is 4. The first-order chi connectivity index (χ1) is 9.00. The van der Waals surface area contributed by atoms with Crippen molar-refractivity contribution >= 4 is 17.2 Å². The van der Waals surface area contributed by atoms with Crippen molar-refractivity contribution in [2.75, 3.05) is 6.54 Å². The molecule has 0 saturated carbocycles. The third kappa shape index (κ3) is 2.88. The van der Waals surface area contributed by atoms with Crippen LogP contribution in [0.2, 0.25) is 0 Å². The minimum atomic E-state index is -0.677. The zero-order chi connectivity index (χ0) is 14.0. The summed E-state index contributed by atoms with van der Waals surface area (Å²) in [6.45, 7) is 5.65. The Balaban J connectivity index is 2.02. The third-order valence-corrected chi connectivity index (χ3v) is 3.87. The standard InChI is InChI=1S/C14H17NO3S/c1-8-9(2)18-10(3)13(8)14(17)15-6-12(16)11-4-5-19-7-11/h4-5,7,12,16H,6H2,1-3H3,(H,15,17). The van der Waals surface area contributed by atoms with Crippen molar-refractivity contribution in [2.45, 2.75) is 26.9 Å². The van der Waals surface area contributed by atoms with Crippen molar-refractivity contribution in [2.24, 2.45) is 0 Å². The number of thiophene rings is 1. The van der Waals surface area contributed by atoms with Gasteiger partial charge in [0.25, 0.3) is 5.91 Å². The highest BCUT2D eigenvalue weighted by atomic mass is 32.1. The third-order valence-electron chi connectivity index (χ3n) is 3.17. The van der Waals surface area contributed by atoms with Crippen molar-refractivity contribution in [3.63, 3.8) is 0 Å². The van der Waals surface area contributed by atoms with E-state index in [1.54, 1.807) is 6.92 Å². The lowest BCUT2D eigenvalue weighted by atomic mass is 10.1. The van der Waals surface area contributed by atoms with Crippen molar-refractivity contribution < 1.29 is 14.3 Å². The molecule has 2 aromatic heterocycles. The second-order valence-electron chi connectivity index (χ2n) is 4.50. The molecule has 1 amide bonds. The predicted molar refractivity (Wildman–Crippen MR) is 74.5 cm³/mol. The topological polar surface area (TPSA) is 62.5 Å². The second kappa shape index (κ2) is 5.59. The number of amides is 1. The summed E-state index contributed by atoms with van der Waals surface area (Å²) in [6.07, 6.45) is -0.677. The average molecular weight is 279 g/mol. The number of aliphatic hydroxyl groups excluding tert-OH is 1. The number of furan rings is 1. The smallest absolute Gasteiger partial charge is 0.255 e. The maximum Gasteiger partial charge on any atom is 0.255 e. The van der Waals surface area contributed by atoms with Crippen LogP contribution in [-0.4, -0.2) is 17.6 Å². The van der Waals surface area contributed by atoms with Gasteiger partial charge in [-0.2, -0.15) is 11.3 Å². The largest absolute Gasteiger partial charge is 0.466 e. The molecular weight excluding hydrogens is 262 g/mol. The molecule has 0 aliphatic carbocycles. The van der Waals surface area contributed by atoms with Crippen LogP contribution in [0.3, 0.4) is 0 Å². The van der Waals surface area contributed by atoms with E-state index in [1.807, 2.05) is 30.7 Å². The van der Waals surface area contributed by atoms with E-state index >= 15 is 0 Å². The Morgan fingerprint density at radius 2 is 2.16 bits per heavy atom. The van der Waals surface area contributed by atoms with Gasteiger partial charge in [-0.15, -0.1) is 0 Å². The quantitative estimate of drug-likeness (QED) is 0.904. The fourth-order valence-electron chi connectivity index (χ4n) is 1.99. The molecule has 102 valence electrons. The molecule has 0 radical (unpaired) electrons. The summed E-state index contributed by atoms with van der Waals surface area (Å²) >= 11 is 1.52. The number of aliphatic hydroxyl groups is 1. The van der Waals surface area contributed by atoms with Gasteiger partial charge in [-0.05, 0) is 43.2 Å². The summed E-state index contributed by atoms with van der Waals surface area (Å²) in [5.74, 6) is 1.15. The molecule has 0 spiro atoms. The zero-order valence-electron chi connectivity index (χ0n) is 11.2. The molecule has 19 heavy (non-hydrogen) atoms. The van der Waals surface area contributed by atoms with Gasteiger partial charge >= 0.3 is 0 Å². The van der Waals surface area contributed by atoms with Gasteiger partial charge < -0.3 is 14.8 Å². The van der Waals surface area contributed by atoms with Crippen LogP contribution in [0.4, 0.5) is 0 Å². The first-order valence-electron chi connectivity index (χ1n) is 6.05. The Hall–Kier alpha value is -1.59. The summed E-state index contributed by atoms with van der Waals surface area (Å²) in [5, 5.41) is 16.4. The molecule has 2 heterocycles. The van der Waals surface area contributed by atoms with Crippen LogP contribution in [0.25, 0.3) is 0 Å². The maximum atomic E-state index is 12.1. The lowest BCUT2D eigenvalue weighted by Crippen LogP contribution is -2.28. The molecule has 0 aliphatic rings. The summed E-state index contributed by atoms with van der Waals surface area (Å²) in [7, 11) is 0. The minimum Gasteiger partial charge on any atom is -0.466 e. The van der Waals surface area contributed by atoms with Gasteiger partial charge in [-0.25, -0.2) is 0 Å². The van der Waals surface area contributed by atoms with E-state index in [4.69, 9.17) is 4.42 Å². The SMILES string of the molecule is Cc1oc(C)c(C(=O)NCC(O)c2ccsc2)c1C. The van der Waals surface area contributed by atoms with Gasteiger partial charge in [0.1, 0.15) is 11.5 Å². The molecule has 0 saturated heterocycles. The molecule has 1 atom stereocenters. The molecule has 0 fully saturated rings. The molecule has 2 N–H and O–H groups in total. The first-order valence-corrected chi connectivity index (χ1v) is 7.00. The van der Waals surface area contributed by atoms with Crippen molar-refractivity contribution in [1.29, 1.82) is 0 Å². The fourth-order valence-corrected chi connectivity index (χ4v) is 2.69. The van der Waals surface area contributed by atoms with E-state index in [1.165, 1.54) is 11.3 Å². The predicted octanol–water partition coefficient (Wildman–Crippen LogP) is 2.73. The number of hydrogen-bond donors (Lipinski definition) is 2. The Morgan fingerprint density at radius 3 is 2.68 bits per heavy atom. The van der Waals surface area contributed by atoms with Gasteiger partial charge in [0, 0.05) is 12.1 Å². The number of carbonyl (C=O) groups is 1. The molecule has 5 heteroatoms. The molecule has 4 nitrogen and oxygen atoms in total. The van der Waals surface area contributed by atoms with Crippen LogP contribution < -0.4 is 5.32 Å². The monoisotopic (exact) mass is 279 g/mol. The number of hydrogen-bond acceptors (Lipinski definition) is 4. The van der Waals surface area contributed by atoms with Crippen LogP contribution in [0, 0.1) is 20.8 Å². The highest BCUT2D eigenvalue weighted by Gasteiger charge is 2.19. The van der Waals surface area contributed by atoms with Gasteiger partial charge in [-0.1, -0.05) is 0 Å². The van der Waals surface area contributed by atoms with Gasteiger partial charge in [-0.3, -0.25) is 4.79 Å². The number of carbonyl (C=O) groups excluding carboxylic acids is 1. The van der Waals surface area contributed by atoms with E-state index in [0.717, 1.165) is 16.9 Å². The minimum absolute atomic E-state index is 0.193. The van der Waals surface area contributed by atoms with Crippen molar-refractivity contribution in [1.82, 2.24) is 5.32 Å². The summed E-state index contributed by atoms with van der Waals surface area (Å²) in [6, 6.07) is 1.85. The number of aryl methyl sites for hydroxylation is 2. The molecular formula is C14H17NO3S. The van der Waals surface area contributed by atoms with Crippen LogP contribution >= 0.6 is 11.3 Å². The number of nitrogens with one attached hydrogen (secondary N) is 1. The normalized spacial score (nSPS) is 12.4. The average Bonchev–Trinajstić information content (AvgIpc) is 2.96. The molecule has 1 unspecified atom stereocenters. The summed E-state index contributed by atoms with van der Waals surface area (Å²) in [5.41, 5.74) is 2.23. The van der Waals surface area contributed by atoms with Crippen LogP contribution in [0.5, 0.6) is 0 Å². The Morgan fingerprint density at radius 1 is 1.42 bits per heavy atom. The lowest BCUT2D eigenvalue weighted by Gasteiger charge is -2.10. The summed E-state index contributed by atoms with van der Waals surface area (Å²) in [4.78, 5) is 12.1. The lowest BCUT2D eigenvalue weighted by molar-refractivity contribution is 0.0914. The van der Waals surface area contributed by atoms with Crippen LogP contribution in [0.15, 0.2) is 21.2 Å². The molecule has 2 rings (SSSR count). The van der Waals surface area contributed by atoms with E-state index < -0.39 is 6.10 Å². The van der Waals surface area contributed by atoms with Gasteiger partial charge in [0.2, 0.25) is 0 Å². The maximum absolute atomic E-state index is 12.1. The Kier molecular flexibility index (Phi) is 4.07. The molecule has 0 aromatic carbocycles. The van der Waals surface area contributed by atoms with E-state index in [9.17, 15) is 9.90 Å². The van der Waals surface area contributed by atoms with E-state index in [2.05, 4.69) is 5.32 Å². The highest BCUT2D eigenvalue weighted by Crippen LogP contribution is 2.21. The van der Waals surface area contributed by atoms with Crippen molar-refractivity contribution in [3.8, 4) is 0 Å². The van der Waals surface area contributed by atoms with Crippen molar-refractivity contribution in [3.05, 3.63) is 45.0 Å². The van der Waals surface area contributed by atoms with Gasteiger partial charge in [0.15, 0.2) is 0 Å². The molecule has 2 aromatic rings. The van der Waals surface area contributed by atoms with Gasteiger partial charge in [0.05, 0.1) is 11.7 Å². The van der Waals surface area contributed by atoms with Crippen LogP contribution in [0.1, 0.15) is 39.1 Å². The first kappa shape index (κ1) is 13.8. The highest BCUT2D eigenvalue weighted by molar-refractivity contribution is 7.07. The fraction of sp³-hybridized carbons (Fsp3) is 0.357. The summed E-state index contributed by atoms with van der Waals surface area (Å²) < 4.78 is 5.42. The Bertz CT molecular complexity index is 572. The zero-order valence-corrected chi connectivity index (χ0v) is 12.0. The van der Waals surface area contributed by atoms with E-state index in [-0.39, 0.29) is 12.5 Å². The Labute approximate surface area is 116 Å².